The predicted molar refractivity (Wildman–Crippen MR) is 105 cm³/mol. The zero-order chi connectivity index (χ0) is 19.3. The van der Waals surface area contributed by atoms with E-state index >= 15 is 0 Å². The van der Waals surface area contributed by atoms with Crippen LogP contribution in [0.2, 0.25) is 0 Å². The van der Waals surface area contributed by atoms with Gasteiger partial charge in [0, 0.05) is 71.7 Å². The average molecular weight is 384 g/mol. The highest BCUT2D eigenvalue weighted by molar-refractivity contribution is 7.87. The summed E-state index contributed by atoms with van der Waals surface area (Å²) in [7, 11) is 1.55. The summed E-state index contributed by atoms with van der Waals surface area (Å²) in [4.78, 5) is 18.2. The molecule has 2 rings (SSSR count). The normalized spacial score (nSPS) is 16.1. The Hall–Kier alpha value is -1.68. The summed E-state index contributed by atoms with van der Waals surface area (Å²) in [6, 6.07) is 7.85. The molecule has 1 N–H and O–H groups in total. The van der Waals surface area contributed by atoms with E-state index in [0.717, 1.165) is 41.9 Å². The van der Waals surface area contributed by atoms with Crippen LogP contribution in [0, 0.1) is 0 Å². The number of amides is 1. The third kappa shape index (κ3) is 5.41. The van der Waals surface area contributed by atoms with Gasteiger partial charge in [-0.1, -0.05) is 0 Å². The van der Waals surface area contributed by atoms with Crippen molar-refractivity contribution in [3.05, 3.63) is 24.3 Å². The van der Waals surface area contributed by atoms with Gasteiger partial charge in [-0.3, -0.25) is 4.79 Å². The zero-order valence-corrected chi connectivity index (χ0v) is 16.8. The minimum atomic E-state index is -3.49. The molecule has 1 fully saturated rings. The number of hydrogen-bond acceptors (Lipinski definition) is 5. The summed E-state index contributed by atoms with van der Waals surface area (Å²) in [5, 5.41) is 0. The van der Waals surface area contributed by atoms with E-state index in [1.165, 1.54) is 21.0 Å². The lowest BCUT2D eigenvalue weighted by Crippen LogP contribution is -2.44. The lowest BCUT2D eigenvalue weighted by molar-refractivity contribution is -0.116. The highest BCUT2D eigenvalue weighted by Gasteiger charge is 2.17. The molecule has 1 saturated heterocycles. The predicted octanol–water partition coefficient (Wildman–Crippen LogP) is 0.187. The molecule has 0 aliphatic carbocycles. The first-order valence-electron chi connectivity index (χ1n) is 8.69. The number of hydrogen-bond donors (Lipinski definition) is 1. The molecule has 1 heterocycles. The second kappa shape index (κ2) is 8.81. The van der Waals surface area contributed by atoms with E-state index in [2.05, 4.69) is 21.6 Å². The van der Waals surface area contributed by atoms with Gasteiger partial charge in [0.2, 0.25) is 5.91 Å². The standard InChI is InChI=1S/C17H29N5O3S/c1-15(23)22(10-9-18-26(24,25)19(2)3)17-7-5-16(6-8-17)21-13-11-20(4)12-14-21/h5-8,18H,9-14H2,1-4H3. The van der Waals surface area contributed by atoms with Crippen molar-refractivity contribution in [2.75, 3.05) is 70.2 Å². The Bertz CT molecular complexity index is 698. The molecule has 0 atom stereocenters. The molecular weight excluding hydrogens is 354 g/mol. The minimum absolute atomic E-state index is 0.124. The van der Waals surface area contributed by atoms with Gasteiger partial charge < -0.3 is 14.7 Å². The Labute approximate surface area is 156 Å². The molecule has 1 aliphatic heterocycles. The van der Waals surface area contributed by atoms with Crippen molar-refractivity contribution in [3.8, 4) is 0 Å². The SMILES string of the molecule is CC(=O)N(CCNS(=O)(=O)N(C)C)c1ccc(N2CCN(C)CC2)cc1. The molecule has 0 aromatic heterocycles. The summed E-state index contributed by atoms with van der Waals surface area (Å²) in [6.45, 7) is 5.95. The number of anilines is 2. The summed E-state index contributed by atoms with van der Waals surface area (Å²) in [5.74, 6) is -0.124. The van der Waals surface area contributed by atoms with Crippen LogP contribution in [0.25, 0.3) is 0 Å². The highest BCUT2D eigenvalue weighted by atomic mass is 32.2. The number of carbonyl (C=O) groups excluding carboxylic acids is 1. The molecule has 0 bridgehead atoms. The van der Waals surface area contributed by atoms with Gasteiger partial charge in [-0.05, 0) is 31.3 Å². The molecular formula is C17H29N5O3S. The molecule has 0 radical (unpaired) electrons. The molecule has 26 heavy (non-hydrogen) atoms. The second-order valence-electron chi connectivity index (χ2n) is 6.66. The van der Waals surface area contributed by atoms with E-state index in [0.29, 0.717) is 0 Å². The van der Waals surface area contributed by atoms with Crippen LogP contribution in [-0.4, -0.2) is 83.9 Å². The van der Waals surface area contributed by atoms with Crippen LogP contribution in [-0.2, 0) is 15.0 Å². The maximum absolute atomic E-state index is 12.0. The number of rotatable bonds is 7. The first kappa shape index (κ1) is 20.6. The molecule has 146 valence electrons. The molecule has 0 unspecified atom stereocenters. The van der Waals surface area contributed by atoms with Crippen LogP contribution in [0.1, 0.15) is 6.92 Å². The average Bonchev–Trinajstić information content (AvgIpc) is 2.59. The summed E-state index contributed by atoms with van der Waals surface area (Å²) in [5.41, 5.74) is 1.90. The van der Waals surface area contributed by atoms with Gasteiger partial charge >= 0.3 is 0 Å². The molecule has 9 heteroatoms. The van der Waals surface area contributed by atoms with Gasteiger partial charge in [0.1, 0.15) is 0 Å². The Morgan fingerprint density at radius 3 is 2.19 bits per heavy atom. The van der Waals surface area contributed by atoms with Crippen molar-refractivity contribution in [1.82, 2.24) is 13.9 Å². The second-order valence-corrected chi connectivity index (χ2v) is 8.63. The molecule has 0 spiro atoms. The van der Waals surface area contributed by atoms with Crippen molar-refractivity contribution in [3.63, 3.8) is 0 Å². The summed E-state index contributed by atoms with van der Waals surface area (Å²) in [6.07, 6.45) is 0. The number of piperazine rings is 1. The first-order chi connectivity index (χ1) is 12.2. The number of likely N-dealkylation sites (N-methyl/N-ethyl adjacent to an activating group) is 1. The fourth-order valence-electron chi connectivity index (χ4n) is 2.79. The Morgan fingerprint density at radius 1 is 1.12 bits per heavy atom. The van der Waals surface area contributed by atoms with Crippen molar-refractivity contribution < 1.29 is 13.2 Å². The van der Waals surface area contributed by atoms with Gasteiger partial charge in [0.25, 0.3) is 10.2 Å². The Kier molecular flexibility index (Phi) is 6.99. The molecule has 0 saturated carbocycles. The maximum Gasteiger partial charge on any atom is 0.278 e. The molecule has 1 aliphatic rings. The highest BCUT2D eigenvalue weighted by Crippen LogP contribution is 2.22. The van der Waals surface area contributed by atoms with E-state index in [1.807, 2.05) is 24.3 Å². The van der Waals surface area contributed by atoms with Crippen molar-refractivity contribution in [1.29, 1.82) is 0 Å². The van der Waals surface area contributed by atoms with E-state index in [4.69, 9.17) is 0 Å². The number of nitrogens with one attached hydrogen (secondary N) is 1. The smallest absolute Gasteiger partial charge is 0.278 e. The minimum Gasteiger partial charge on any atom is -0.369 e. The molecule has 1 amide bonds. The number of nitrogens with zero attached hydrogens (tertiary/aromatic N) is 4. The first-order valence-corrected chi connectivity index (χ1v) is 10.1. The largest absolute Gasteiger partial charge is 0.369 e. The quantitative estimate of drug-likeness (QED) is 0.727. The summed E-state index contributed by atoms with van der Waals surface area (Å²) < 4.78 is 27.1. The topological polar surface area (TPSA) is 76.2 Å². The monoisotopic (exact) mass is 383 g/mol. The van der Waals surface area contributed by atoms with Crippen molar-refractivity contribution in [2.24, 2.45) is 0 Å². The van der Waals surface area contributed by atoms with E-state index < -0.39 is 10.2 Å². The Morgan fingerprint density at radius 2 is 1.69 bits per heavy atom. The van der Waals surface area contributed by atoms with Gasteiger partial charge in [0.05, 0.1) is 0 Å². The molecule has 1 aromatic carbocycles. The van der Waals surface area contributed by atoms with E-state index in [1.54, 1.807) is 4.90 Å². The fourth-order valence-corrected chi connectivity index (χ4v) is 3.40. The van der Waals surface area contributed by atoms with Gasteiger partial charge in [-0.15, -0.1) is 0 Å². The van der Waals surface area contributed by atoms with Crippen LogP contribution < -0.4 is 14.5 Å². The van der Waals surface area contributed by atoms with Crippen LogP contribution in [0.5, 0.6) is 0 Å². The van der Waals surface area contributed by atoms with Crippen LogP contribution in [0.4, 0.5) is 11.4 Å². The lowest BCUT2D eigenvalue weighted by atomic mass is 10.2. The number of benzene rings is 1. The van der Waals surface area contributed by atoms with Gasteiger partial charge in [-0.2, -0.15) is 12.7 Å². The number of carbonyl (C=O) groups is 1. The van der Waals surface area contributed by atoms with Crippen LogP contribution in [0.3, 0.4) is 0 Å². The summed E-state index contributed by atoms with van der Waals surface area (Å²) >= 11 is 0. The van der Waals surface area contributed by atoms with Gasteiger partial charge in [0.15, 0.2) is 0 Å². The van der Waals surface area contributed by atoms with Crippen LogP contribution in [0.15, 0.2) is 24.3 Å². The third-order valence-corrected chi connectivity index (χ3v) is 6.04. The lowest BCUT2D eigenvalue weighted by Gasteiger charge is -2.34. The zero-order valence-electron chi connectivity index (χ0n) is 16.0. The van der Waals surface area contributed by atoms with E-state index in [9.17, 15) is 13.2 Å². The molecule has 8 nitrogen and oxygen atoms in total. The van der Waals surface area contributed by atoms with Crippen LogP contribution >= 0.6 is 0 Å². The van der Waals surface area contributed by atoms with E-state index in [-0.39, 0.29) is 19.0 Å². The Balaban J connectivity index is 2.00. The maximum atomic E-state index is 12.0. The fraction of sp³-hybridized carbons (Fsp3) is 0.588. The third-order valence-electron chi connectivity index (χ3n) is 4.51. The van der Waals surface area contributed by atoms with Crippen molar-refractivity contribution >= 4 is 27.5 Å². The van der Waals surface area contributed by atoms with Crippen molar-refractivity contribution in [2.45, 2.75) is 6.92 Å². The molecule has 1 aromatic rings. The van der Waals surface area contributed by atoms with Gasteiger partial charge in [-0.25, -0.2) is 4.72 Å².